The van der Waals surface area contributed by atoms with Gasteiger partial charge in [0.1, 0.15) is 16.9 Å². The van der Waals surface area contributed by atoms with E-state index in [0.29, 0.717) is 16.2 Å². The van der Waals surface area contributed by atoms with E-state index in [1.165, 1.54) is 38.5 Å². The Morgan fingerprint density at radius 1 is 1.56 bits per heavy atom. The third-order valence-corrected chi connectivity index (χ3v) is 3.59. The van der Waals surface area contributed by atoms with Crippen molar-refractivity contribution in [2.45, 2.75) is 17.6 Å². The summed E-state index contributed by atoms with van der Waals surface area (Å²) in [6.07, 6.45) is 2.90. The van der Waals surface area contributed by atoms with Crippen molar-refractivity contribution in [1.29, 1.82) is 0 Å². The number of nitrogens with zero attached hydrogens (tertiary/aromatic N) is 3. The molecule has 2 heterocycles. The molecule has 1 atom stereocenters. The predicted molar refractivity (Wildman–Crippen MR) is 65.0 cm³/mol. The molecule has 0 aromatic carbocycles. The van der Waals surface area contributed by atoms with Gasteiger partial charge in [-0.1, -0.05) is 0 Å². The monoisotopic (exact) mass is 268 g/mol. The lowest BCUT2D eigenvalue weighted by Crippen LogP contribution is -2.38. The molecule has 0 spiro atoms. The number of esters is 1. The minimum Gasteiger partial charge on any atom is -0.467 e. The van der Waals surface area contributed by atoms with Crippen molar-refractivity contribution in [2.24, 2.45) is 0 Å². The number of hydrogen-bond donors (Lipinski definition) is 2. The number of imidazole rings is 1. The number of H-pyrrole nitrogens is 1. The van der Waals surface area contributed by atoms with E-state index in [4.69, 9.17) is 0 Å². The summed E-state index contributed by atoms with van der Waals surface area (Å²) in [6.45, 7) is 1.40. The quantitative estimate of drug-likeness (QED) is 0.469. The average Bonchev–Trinajstić information content (AvgIpc) is 2.84. The van der Waals surface area contributed by atoms with Crippen LogP contribution in [0.15, 0.2) is 17.7 Å². The fourth-order valence-corrected chi connectivity index (χ4v) is 2.29. The van der Waals surface area contributed by atoms with Gasteiger partial charge in [-0.05, 0) is 6.92 Å². The number of ether oxygens (including phenoxy) is 1. The zero-order valence-electron chi connectivity index (χ0n) is 9.88. The number of nitrogens with one attached hydrogen (secondary N) is 1. The fraction of sp³-hybridized carbons (Fsp3) is 0.400. The largest absolute Gasteiger partial charge is 0.467 e. The van der Waals surface area contributed by atoms with E-state index >= 15 is 0 Å². The second kappa shape index (κ2) is 4.91. The van der Waals surface area contributed by atoms with E-state index in [9.17, 15) is 9.90 Å². The molecule has 0 aliphatic rings. The molecule has 2 aromatic heterocycles. The van der Waals surface area contributed by atoms with Crippen molar-refractivity contribution in [2.75, 3.05) is 12.9 Å². The van der Waals surface area contributed by atoms with Gasteiger partial charge in [-0.2, -0.15) is 0 Å². The van der Waals surface area contributed by atoms with Gasteiger partial charge in [-0.25, -0.2) is 19.7 Å². The Balaban J connectivity index is 2.15. The molecule has 0 bridgehead atoms. The summed E-state index contributed by atoms with van der Waals surface area (Å²) in [7, 11) is 1.24. The summed E-state index contributed by atoms with van der Waals surface area (Å²) in [4.78, 5) is 26.3. The number of aromatic amines is 1. The second-order valence-electron chi connectivity index (χ2n) is 3.83. The van der Waals surface area contributed by atoms with E-state index in [2.05, 4.69) is 24.7 Å². The van der Waals surface area contributed by atoms with Crippen molar-refractivity contribution in [3.63, 3.8) is 0 Å². The van der Waals surface area contributed by atoms with Gasteiger partial charge in [0, 0.05) is 5.75 Å². The Hall–Kier alpha value is -1.67. The number of aliphatic hydroxyl groups is 1. The maximum Gasteiger partial charge on any atom is 0.338 e. The Morgan fingerprint density at radius 3 is 3.06 bits per heavy atom. The van der Waals surface area contributed by atoms with Crippen LogP contribution in [-0.4, -0.2) is 49.5 Å². The molecular formula is C10H12N4O3S. The van der Waals surface area contributed by atoms with Gasteiger partial charge in [-0.3, -0.25) is 0 Å². The number of thioether (sulfide) groups is 1. The number of hydrogen-bond acceptors (Lipinski definition) is 7. The highest BCUT2D eigenvalue weighted by Crippen LogP contribution is 2.25. The van der Waals surface area contributed by atoms with Crippen molar-refractivity contribution >= 4 is 28.9 Å². The first-order valence-electron chi connectivity index (χ1n) is 5.12. The van der Waals surface area contributed by atoms with Gasteiger partial charge in [0.15, 0.2) is 11.2 Å². The van der Waals surface area contributed by atoms with E-state index in [0.717, 1.165) is 0 Å². The number of carbonyl (C=O) groups excluding carboxylic acids is 1. The van der Waals surface area contributed by atoms with Crippen molar-refractivity contribution in [3.8, 4) is 0 Å². The molecule has 7 nitrogen and oxygen atoms in total. The normalized spacial score (nSPS) is 14.4. The zero-order valence-corrected chi connectivity index (χ0v) is 10.7. The topological polar surface area (TPSA) is 101 Å². The Labute approximate surface area is 107 Å². The van der Waals surface area contributed by atoms with Gasteiger partial charge in [0.05, 0.1) is 13.4 Å². The van der Waals surface area contributed by atoms with Crippen LogP contribution in [0.4, 0.5) is 0 Å². The van der Waals surface area contributed by atoms with Crippen LogP contribution in [0.2, 0.25) is 0 Å². The molecular weight excluding hydrogens is 256 g/mol. The number of carbonyl (C=O) groups is 1. The molecule has 2 aromatic rings. The molecule has 0 saturated heterocycles. The molecule has 1 unspecified atom stereocenters. The molecule has 0 aliphatic carbocycles. The highest BCUT2D eigenvalue weighted by Gasteiger charge is 2.32. The SMILES string of the molecule is COC(=O)C(C)(O)CSc1ncnc2nc[nH]c12. The molecule has 0 amide bonds. The van der Waals surface area contributed by atoms with Crippen LogP contribution in [0.1, 0.15) is 6.92 Å². The van der Waals surface area contributed by atoms with Crippen molar-refractivity contribution in [1.82, 2.24) is 19.9 Å². The number of methoxy groups -OCH3 is 1. The number of fused-ring (bicyclic) bond motifs is 1. The third-order valence-electron chi connectivity index (χ3n) is 2.30. The van der Waals surface area contributed by atoms with Gasteiger partial charge in [0.25, 0.3) is 0 Å². The van der Waals surface area contributed by atoms with Gasteiger partial charge >= 0.3 is 5.97 Å². The van der Waals surface area contributed by atoms with Gasteiger partial charge in [0.2, 0.25) is 0 Å². The number of rotatable bonds is 4. The summed E-state index contributed by atoms with van der Waals surface area (Å²) < 4.78 is 4.52. The van der Waals surface area contributed by atoms with Crippen molar-refractivity contribution in [3.05, 3.63) is 12.7 Å². The van der Waals surface area contributed by atoms with E-state index in [1.807, 2.05) is 0 Å². The first-order valence-corrected chi connectivity index (χ1v) is 6.11. The van der Waals surface area contributed by atoms with Crippen LogP contribution >= 0.6 is 11.8 Å². The highest BCUT2D eigenvalue weighted by atomic mass is 32.2. The van der Waals surface area contributed by atoms with Gasteiger partial charge < -0.3 is 14.8 Å². The van der Waals surface area contributed by atoms with E-state index in [-0.39, 0.29) is 5.75 Å². The highest BCUT2D eigenvalue weighted by molar-refractivity contribution is 7.99. The van der Waals surface area contributed by atoms with Crippen LogP contribution in [0.5, 0.6) is 0 Å². The molecule has 2 rings (SSSR count). The fourth-order valence-electron chi connectivity index (χ4n) is 1.34. The molecule has 0 aliphatic heterocycles. The van der Waals surface area contributed by atoms with Crippen LogP contribution in [0, 0.1) is 0 Å². The minimum absolute atomic E-state index is 0.130. The zero-order chi connectivity index (χ0) is 13.2. The molecule has 96 valence electrons. The van der Waals surface area contributed by atoms with E-state index < -0.39 is 11.6 Å². The lowest BCUT2D eigenvalue weighted by Gasteiger charge is -2.19. The predicted octanol–water partition coefficient (Wildman–Crippen LogP) is 0.369. The summed E-state index contributed by atoms with van der Waals surface area (Å²) in [6, 6.07) is 0. The standard InChI is InChI=1S/C10H12N4O3S/c1-10(16,9(15)17-2)3-18-8-6-7(12-4-11-6)13-5-14-8/h4-5,16H,3H2,1-2H3,(H,11,12,13,14). The third kappa shape index (κ3) is 2.44. The van der Waals surface area contributed by atoms with Crippen LogP contribution < -0.4 is 0 Å². The van der Waals surface area contributed by atoms with Crippen LogP contribution in [-0.2, 0) is 9.53 Å². The average molecular weight is 268 g/mol. The maximum atomic E-state index is 11.3. The number of aromatic nitrogens is 4. The molecule has 2 N–H and O–H groups in total. The Bertz CT molecular complexity index is 569. The smallest absolute Gasteiger partial charge is 0.338 e. The maximum absolute atomic E-state index is 11.3. The first-order chi connectivity index (χ1) is 8.54. The summed E-state index contributed by atoms with van der Waals surface area (Å²) in [5, 5.41) is 10.5. The first kappa shape index (κ1) is 12.8. The molecule has 0 saturated carbocycles. The molecule has 18 heavy (non-hydrogen) atoms. The molecule has 8 heteroatoms. The minimum atomic E-state index is -1.56. The Kier molecular flexibility index (Phi) is 3.48. The van der Waals surface area contributed by atoms with Crippen molar-refractivity contribution < 1.29 is 14.6 Å². The van der Waals surface area contributed by atoms with Crippen LogP contribution in [0.25, 0.3) is 11.2 Å². The van der Waals surface area contributed by atoms with Crippen LogP contribution in [0.3, 0.4) is 0 Å². The van der Waals surface area contributed by atoms with E-state index in [1.54, 1.807) is 0 Å². The second-order valence-corrected chi connectivity index (χ2v) is 4.80. The molecule has 0 fully saturated rings. The summed E-state index contributed by atoms with van der Waals surface area (Å²) >= 11 is 1.23. The lowest BCUT2D eigenvalue weighted by molar-refractivity contribution is -0.158. The lowest BCUT2D eigenvalue weighted by atomic mass is 10.1. The summed E-state index contributed by atoms with van der Waals surface area (Å²) in [5.74, 6) is -0.546. The Morgan fingerprint density at radius 2 is 2.33 bits per heavy atom. The van der Waals surface area contributed by atoms with Gasteiger partial charge in [-0.15, -0.1) is 11.8 Å². The summed E-state index contributed by atoms with van der Waals surface area (Å²) in [5.41, 5.74) is -0.329. The molecule has 0 radical (unpaired) electrons.